The van der Waals surface area contributed by atoms with Gasteiger partial charge in [0.05, 0.1) is 0 Å². The minimum absolute atomic E-state index is 0.421. The molecule has 0 aliphatic heterocycles. The average molecular weight is 100 g/mol. The highest BCUT2D eigenvalue weighted by atomic mass is 14.5. The molecule has 0 fully saturated rings. The fourth-order valence-corrected chi connectivity index (χ4v) is 0.268. The summed E-state index contributed by atoms with van der Waals surface area (Å²) in [6, 6.07) is 0. The molecule has 0 aromatic carbocycles. The van der Waals surface area contributed by atoms with E-state index in [1.165, 1.54) is 6.20 Å². The van der Waals surface area contributed by atoms with Crippen molar-refractivity contribution in [3.8, 4) is 0 Å². The number of nitrogens with two attached hydrogens (primary N) is 2. The van der Waals surface area contributed by atoms with E-state index >= 15 is 0 Å². The van der Waals surface area contributed by atoms with Crippen LogP contribution in [0.15, 0.2) is 12.3 Å². The average Bonchev–Trinajstić information content (AvgIpc) is 1.68. The van der Waals surface area contributed by atoms with Gasteiger partial charge >= 0.3 is 0 Å². The van der Waals surface area contributed by atoms with Gasteiger partial charge in [0, 0.05) is 0 Å². The minimum Gasteiger partial charge on any atom is -0.405 e. The lowest BCUT2D eigenvalue weighted by Crippen LogP contribution is -2.07. The van der Waals surface area contributed by atoms with Gasteiger partial charge in [0.25, 0.3) is 0 Å². The van der Waals surface area contributed by atoms with Crippen molar-refractivity contribution < 1.29 is 0 Å². The first kappa shape index (κ1) is 6.50. The Morgan fingerprint density at radius 2 is 2.29 bits per heavy atom. The molecule has 0 amide bonds. The molecule has 0 heterocycles. The van der Waals surface area contributed by atoms with Crippen molar-refractivity contribution in [2.45, 2.75) is 6.92 Å². The van der Waals surface area contributed by atoms with E-state index in [1.54, 1.807) is 0 Å². The maximum atomic E-state index is 5.25. The van der Waals surface area contributed by atoms with Crippen LogP contribution in [0.5, 0.6) is 0 Å². The quantitative estimate of drug-likeness (QED) is 0.515. The molecule has 1 atom stereocenters. The molecular formula is C5H12N2. The van der Waals surface area contributed by atoms with E-state index in [4.69, 9.17) is 11.5 Å². The van der Waals surface area contributed by atoms with Gasteiger partial charge in [0.15, 0.2) is 0 Å². The third-order valence-corrected chi connectivity index (χ3v) is 0.811. The van der Waals surface area contributed by atoms with Crippen LogP contribution in [0.2, 0.25) is 0 Å². The van der Waals surface area contributed by atoms with Crippen molar-refractivity contribution >= 4 is 0 Å². The molecule has 1 unspecified atom stereocenters. The Morgan fingerprint density at radius 3 is 2.43 bits per heavy atom. The first-order valence-corrected chi connectivity index (χ1v) is 2.39. The van der Waals surface area contributed by atoms with Crippen LogP contribution in [-0.2, 0) is 0 Å². The molecule has 7 heavy (non-hydrogen) atoms. The zero-order valence-electron chi connectivity index (χ0n) is 4.59. The van der Waals surface area contributed by atoms with Crippen LogP contribution in [0.25, 0.3) is 0 Å². The van der Waals surface area contributed by atoms with Gasteiger partial charge < -0.3 is 11.5 Å². The summed E-state index contributed by atoms with van der Waals surface area (Å²) in [7, 11) is 0. The van der Waals surface area contributed by atoms with Gasteiger partial charge in [-0.25, -0.2) is 0 Å². The second-order valence-electron chi connectivity index (χ2n) is 1.60. The monoisotopic (exact) mass is 100 g/mol. The van der Waals surface area contributed by atoms with Gasteiger partial charge in [0.1, 0.15) is 0 Å². The first-order chi connectivity index (χ1) is 3.31. The SMILES string of the molecule is CC(/C=C\N)CN. The van der Waals surface area contributed by atoms with Crippen LogP contribution in [-0.4, -0.2) is 6.54 Å². The molecule has 2 heteroatoms. The number of hydrogen-bond acceptors (Lipinski definition) is 2. The maximum Gasteiger partial charge on any atom is -0.00162 e. The molecular weight excluding hydrogens is 88.1 g/mol. The molecule has 0 spiro atoms. The van der Waals surface area contributed by atoms with Crippen LogP contribution < -0.4 is 11.5 Å². The lowest BCUT2D eigenvalue weighted by Gasteiger charge is -1.95. The smallest absolute Gasteiger partial charge is 0.00162 e. The number of hydrogen-bond donors (Lipinski definition) is 2. The Bertz CT molecular complexity index is 59.1. The normalized spacial score (nSPS) is 15.1. The van der Waals surface area contributed by atoms with Crippen molar-refractivity contribution in [2.24, 2.45) is 17.4 Å². The Labute approximate surface area is 44.2 Å². The zero-order valence-corrected chi connectivity index (χ0v) is 4.59. The predicted molar refractivity (Wildman–Crippen MR) is 31.5 cm³/mol. The van der Waals surface area contributed by atoms with E-state index in [9.17, 15) is 0 Å². The van der Waals surface area contributed by atoms with Gasteiger partial charge in [0.2, 0.25) is 0 Å². The van der Waals surface area contributed by atoms with Gasteiger partial charge in [-0.05, 0) is 18.7 Å². The molecule has 0 saturated carbocycles. The Hall–Kier alpha value is -0.500. The second kappa shape index (κ2) is 3.68. The van der Waals surface area contributed by atoms with Crippen LogP contribution in [0, 0.1) is 5.92 Å². The maximum absolute atomic E-state index is 5.25. The molecule has 0 bridgehead atoms. The van der Waals surface area contributed by atoms with Crippen molar-refractivity contribution in [1.82, 2.24) is 0 Å². The fraction of sp³-hybridized carbons (Fsp3) is 0.600. The summed E-state index contributed by atoms with van der Waals surface area (Å²) in [6.45, 7) is 2.69. The minimum atomic E-state index is 0.421. The highest BCUT2D eigenvalue weighted by Gasteiger charge is 1.86. The van der Waals surface area contributed by atoms with Crippen molar-refractivity contribution in [3.63, 3.8) is 0 Å². The molecule has 0 radical (unpaired) electrons. The van der Waals surface area contributed by atoms with Crippen LogP contribution in [0.3, 0.4) is 0 Å². The number of rotatable bonds is 2. The first-order valence-electron chi connectivity index (χ1n) is 2.39. The summed E-state index contributed by atoms with van der Waals surface area (Å²) in [5.41, 5.74) is 10.3. The Balaban J connectivity index is 3.16. The predicted octanol–water partition coefficient (Wildman–Crippen LogP) is 0.0536. The van der Waals surface area contributed by atoms with Gasteiger partial charge in [-0.2, -0.15) is 0 Å². The highest BCUT2D eigenvalue weighted by molar-refractivity contribution is 4.81. The molecule has 2 nitrogen and oxygen atoms in total. The van der Waals surface area contributed by atoms with Crippen LogP contribution >= 0.6 is 0 Å². The van der Waals surface area contributed by atoms with E-state index < -0.39 is 0 Å². The molecule has 0 saturated heterocycles. The highest BCUT2D eigenvalue weighted by Crippen LogP contribution is 1.88. The third kappa shape index (κ3) is 3.33. The lowest BCUT2D eigenvalue weighted by molar-refractivity contribution is 0.738. The van der Waals surface area contributed by atoms with Crippen molar-refractivity contribution in [1.29, 1.82) is 0 Å². The summed E-state index contributed by atoms with van der Waals surface area (Å²) in [4.78, 5) is 0. The van der Waals surface area contributed by atoms with Gasteiger partial charge in [-0.1, -0.05) is 13.0 Å². The van der Waals surface area contributed by atoms with Gasteiger partial charge in [-0.3, -0.25) is 0 Å². The molecule has 0 rings (SSSR count). The second-order valence-corrected chi connectivity index (χ2v) is 1.60. The standard InChI is InChI=1S/C5H12N2/c1-5(4-7)2-3-6/h2-3,5H,4,6-7H2,1H3/b3-2-. The molecule has 42 valence electrons. The van der Waals surface area contributed by atoms with Crippen molar-refractivity contribution in [2.75, 3.05) is 6.54 Å². The molecule has 0 aliphatic carbocycles. The zero-order chi connectivity index (χ0) is 5.70. The molecule has 0 aromatic rings. The van der Waals surface area contributed by atoms with E-state index in [-0.39, 0.29) is 0 Å². The van der Waals surface area contributed by atoms with E-state index in [0.29, 0.717) is 12.5 Å². The van der Waals surface area contributed by atoms with Gasteiger partial charge in [-0.15, -0.1) is 0 Å². The summed E-state index contributed by atoms with van der Waals surface area (Å²) in [5.74, 6) is 0.421. The third-order valence-electron chi connectivity index (χ3n) is 0.811. The lowest BCUT2D eigenvalue weighted by atomic mass is 10.2. The molecule has 0 aromatic heterocycles. The van der Waals surface area contributed by atoms with Crippen molar-refractivity contribution in [3.05, 3.63) is 12.3 Å². The topological polar surface area (TPSA) is 52.0 Å². The van der Waals surface area contributed by atoms with E-state index in [1.807, 2.05) is 13.0 Å². The van der Waals surface area contributed by atoms with Crippen LogP contribution in [0.4, 0.5) is 0 Å². The summed E-state index contributed by atoms with van der Waals surface area (Å²) in [5, 5.41) is 0. The molecule has 4 N–H and O–H groups in total. The fourth-order valence-electron chi connectivity index (χ4n) is 0.268. The summed E-state index contributed by atoms with van der Waals surface area (Å²) < 4.78 is 0. The van der Waals surface area contributed by atoms with Crippen LogP contribution in [0.1, 0.15) is 6.92 Å². The Morgan fingerprint density at radius 1 is 1.71 bits per heavy atom. The molecule has 0 aliphatic rings. The van der Waals surface area contributed by atoms with E-state index in [2.05, 4.69) is 0 Å². The van der Waals surface area contributed by atoms with E-state index in [0.717, 1.165) is 0 Å². The summed E-state index contributed by atoms with van der Waals surface area (Å²) >= 11 is 0. The Kier molecular flexibility index (Phi) is 3.42. The summed E-state index contributed by atoms with van der Waals surface area (Å²) in [6.07, 6.45) is 3.40. The largest absolute Gasteiger partial charge is 0.405 e.